The lowest BCUT2D eigenvalue weighted by Gasteiger charge is -2.17. The van der Waals surface area contributed by atoms with E-state index in [1.807, 2.05) is 35.4 Å². The quantitative estimate of drug-likeness (QED) is 0.435. The fraction of sp³-hybridized carbons (Fsp3) is 0.261. The average Bonchev–Trinajstić information content (AvgIpc) is 3.32. The summed E-state index contributed by atoms with van der Waals surface area (Å²) in [7, 11) is 1.67. The maximum atomic E-state index is 12.2. The highest BCUT2D eigenvalue weighted by Gasteiger charge is 2.23. The summed E-state index contributed by atoms with van der Waals surface area (Å²) in [6, 6.07) is 14.2. The second-order valence-corrected chi connectivity index (χ2v) is 8.45. The Bertz CT molecular complexity index is 1250. The molecule has 0 saturated carbocycles. The van der Waals surface area contributed by atoms with E-state index in [2.05, 4.69) is 43.7 Å². The van der Waals surface area contributed by atoms with Gasteiger partial charge in [-0.15, -0.1) is 0 Å². The van der Waals surface area contributed by atoms with Crippen molar-refractivity contribution in [3.05, 3.63) is 64.5 Å². The van der Waals surface area contributed by atoms with Gasteiger partial charge in [-0.2, -0.15) is 0 Å². The summed E-state index contributed by atoms with van der Waals surface area (Å²) in [5.74, 6) is 1.91. The monoisotopic (exact) mass is 464 g/mol. The van der Waals surface area contributed by atoms with Gasteiger partial charge >= 0.3 is 0 Å². The molecule has 3 heterocycles. The SMILES string of the molecule is COc1ccc(Cn2c(CN3CCCC3=O)nc3cnc4cc(Br)ccc4c32)cc1. The second-order valence-electron chi connectivity index (χ2n) is 7.53. The van der Waals surface area contributed by atoms with Crippen LogP contribution in [0.1, 0.15) is 24.2 Å². The molecule has 0 aliphatic carbocycles. The molecule has 0 N–H and O–H groups in total. The van der Waals surface area contributed by atoms with Crippen LogP contribution in [-0.4, -0.2) is 39.0 Å². The van der Waals surface area contributed by atoms with Gasteiger partial charge < -0.3 is 14.2 Å². The van der Waals surface area contributed by atoms with E-state index in [4.69, 9.17) is 9.72 Å². The Kier molecular flexibility index (Phi) is 4.90. The minimum atomic E-state index is 0.199. The molecule has 152 valence electrons. The van der Waals surface area contributed by atoms with Crippen LogP contribution in [0.25, 0.3) is 21.9 Å². The van der Waals surface area contributed by atoms with E-state index < -0.39 is 0 Å². The van der Waals surface area contributed by atoms with Crippen molar-refractivity contribution in [1.29, 1.82) is 0 Å². The van der Waals surface area contributed by atoms with E-state index in [1.54, 1.807) is 7.11 Å². The summed E-state index contributed by atoms with van der Waals surface area (Å²) in [6.45, 7) is 1.96. The number of hydrogen-bond donors (Lipinski definition) is 0. The molecule has 0 unspecified atom stereocenters. The molecule has 1 amide bonds. The first-order valence-corrected chi connectivity index (χ1v) is 10.8. The van der Waals surface area contributed by atoms with Gasteiger partial charge in [-0.05, 0) is 42.3 Å². The van der Waals surface area contributed by atoms with E-state index in [0.717, 1.165) is 56.5 Å². The van der Waals surface area contributed by atoms with Crippen molar-refractivity contribution >= 4 is 43.8 Å². The van der Waals surface area contributed by atoms with Crippen molar-refractivity contribution in [3.63, 3.8) is 0 Å². The molecule has 4 aromatic rings. The number of pyridine rings is 1. The Hall–Kier alpha value is -2.93. The van der Waals surface area contributed by atoms with E-state index in [9.17, 15) is 4.79 Å². The molecule has 7 heteroatoms. The van der Waals surface area contributed by atoms with Crippen LogP contribution in [0, 0.1) is 0 Å². The van der Waals surface area contributed by atoms with Gasteiger partial charge in [0.15, 0.2) is 0 Å². The summed E-state index contributed by atoms with van der Waals surface area (Å²) in [5, 5.41) is 1.05. The fourth-order valence-corrected chi connectivity index (χ4v) is 4.43. The number of ether oxygens (including phenoxy) is 1. The zero-order valence-corrected chi connectivity index (χ0v) is 18.2. The molecule has 30 heavy (non-hydrogen) atoms. The van der Waals surface area contributed by atoms with Gasteiger partial charge in [-0.3, -0.25) is 9.78 Å². The Labute approximate surface area is 182 Å². The zero-order chi connectivity index (χ0) is 20.7. The van der Waals surface area contributed by atoms with E-state index in [0.29, 0.717) is 19.5 Å². The number of hydrogen-bond acceptors (Lipinski definition) is 4. The number of amides is 1. The van der Waals surface area contributed by atoms with Gasteiger partial charge in [0.25, 0.3) is 0 Å². The van der Waals surface area contributed by atoms with Crippen molar-refractivity contribution in [2.24, 2.45) is 0 Å². The molecule has 0 atom stereocenters. The molecule has 6 nitrogen and oxygen atoms in total. The number of methoxy groups -OCH3 is 1. The highest BCUT2D eigenvalue weighted by atomic mass is 79.9. The van der Waals surface area contributed by atoms with Crippen molar-refractivity contribution in [2.45, 2.75) is 25.9 Å². The largest absolute Gasteiger partial charge is 0.497 e. The van der Waals surface area contributed by atoms with E-state index in [1.165, 1.54) is 0 Å². The minimum absolute atomic E-state index is 0.199. The molecule has 0 radical (unpaired) electrons. The number of benzene rings is 2. The smallest absolute Gasteiger partial charge is 0.223 e. The number of carbonyl (C=O) groups excluding carboxylic acids is 1. The van der Waals surface area contributed by atoms with Gasteiger partial charge in [0.1, 0.15) is 17.1 Å². The maximum absolute atomic E-state index is 12.2. The van der Waals surface area contributed by atoms with Crippen LogP contribution in [0.2, 0.25) is 0 Å². The van der Waals surface area contributed by atoms with Crippen LogP contribution in [-0.2, 0) is 17.9 Å². The summed E-state index contributed by atoms with van der Waals surface area (Å²) in [5.41, 5.74) is 3.95. The zero-order valence-electron chi connectivity index (χ0n) is 16.6. The molecule has 2 aromatic heterocycles. The maximum Gasteiger partial charge on any atom is 0.223 e. The summed E-state index contributed by atoms with van der Waals surface area (Å²) < 4.78 is 8.51. The number of halogens is 1. The molecule has 0 bridgehead atoms. The van der Waals surface area contributed by atoms with Gasteiger partial charge in [-0.25, -0.2) is 4.98 Å². The van der Waals surface area contributed by atoms with E-state index >= 15 is 0 Å². The van der Waals surface area contributed by atoms with Crippen molar-refractivity contribution in [3.8, 4) is 5.75 Å². The normalized spacial score (nSPS) is 14.2. The van der Waals surface area contributed by atoms with Gasteiger partial charge in [0, 0.05) is 29.4 Å². The third-order valence-electron chi connectivity index (χ3n) is 5.62. The number of rotatable bonds is 5. The Morgan fingerprint density at radius 1 is 1.10 bits per heavy atom. The van der Waals surface area contributed by atoms with Gasteiger partial charge in [-0.1, -0.05) is 28.1 Å². The van der Waals surface area contributed by atoms with Gasteiger partial charge in [0.05, 0.1) is 30.9 Å². The number of likely N-dealkylation sites (tertiary alicyclic amines) is 1. The lowest BCUT2D eigenvalue weighted by Crippen LogP contribution is -2.26. The summed E-state index contributed by atoms with van der Waals surface area (Å²) >= 11 is 3.53. The van der Waals surface area contributed by atoms with Crippen LogP contribution in [0.4, 0.5) is 0 Å². The standard InChI is InChI=1S/C23H21BrN4O2/c1-30-17-7-4-15(5-8-17)13-28-21(14-27-10-2-3-22(27)29)26-20-12-25-19-11-16(24)6-9-18(19)23(20)28/h4-9,11-12H,2-3,10,13-14H2,1H3. The first-order chi connectivity index (χ1) is 14.6. The number of fused-ring (bicyclic) bond motifs is 3. The van der Waals surface area contributed by atoms with Crippen LogP contribution in [0.3, 0.4) is 0 Å². The van der Waals surface area contributed by atoms with Crippen molar-refractivity contribution in [2.75, 3.05) is 13.7 Å². The summed E-state index contributed by atoms with van der Waals surface area (Å²) in [6.07, 6.45) is 3.36. The topological polar surface area (TPSA) is 60.2 Å². The first-order valence-electron chi connectivity index (χ1n) is 9.96. The lowest BCUT2D eigenvalue weighted by molar-refractivity contribution is -0.128. The Balaban J connectivity index is 1.66. The predicted octanol–water partition coefficient (Wildman–Crippen LogP) is 4.53. The second kappa shape index (κ2) is 7.72. The molecule has 1 aliphatic rings. The molecular weight excluding hydrogens is 444 g/mol. The number of aromatic nitrogens is 3. The number of imidazole rings is 1. The molecule has 0 spiro atoms. The molecule has 1 fully saturated rings. The fourth-order valence-electron chi connectivity index (χ4n) is 4.08. The Morgan fingerprint density at radius 2 is 1.93 bits per heavy atom. The highest BCUT2D eigenvalue weighted by molar-refractivity contribution is 9.10. The van der Waals surface area contributed by atoms with Gasteiger partial charge in [0.2, 0.25) is 5.91 Å². The molecule has 5 rings (SSSR count). The molecule has 1 aliphatic heterocycles. The van der Waals surface area contributed by atoms with Crippen molar-refractivity contribution in [1.82, 2.24) is 19.4 Å². The molecule has 1 saturated heterocycles. The minimum Gasteiger partial charge on any atom is -0.497 e. The lowest BCUT2D eigenvalue weighted by atomic mass is 10.1. The highest BCUT2D eigenvalue weighted by Crippen LogP contribution is 2.29. The number of nitrogens with zero attached hydrogens (tertiary/aromatic N) is 4. The predicted molar refractivity (Wildman–Crippen MR) is 119 cm³/mol. The molecule has 2 aromatic carbocycles. The van der Waals surface area contributed by atoms with Crippen LogP contribution >= 0.6 is 15.9 Å². The third kappa shape index (κ3) is 3.43. The molecular formula is C23H21BrN4O2. The Morgan fingerprint density at radius 3 is 2.67 bits per heavy atom. The third-order valence-corrected chi connectivity index (χ3v) is 6.11. The van der Waals surface area contributed by atoms with Crippen LogP contribution in [0.15, 0.2) is 53.1 Å². The summed E-state index contributed by atoms with van der Waals surface area (Å²) in [4.78, 5) is 23.6. The van der Waals surface area contributed by atoms with Crippen molar-refractivity contribution < 1.29 is 9.53 Å². The van der Waals surface area contributed by atoms with E-state index in [-0.39, 0.29) is 5.91 Å². The number of carbonyl (C=O) groups is 1. The van der Waals surface area contributed by atoms with Crippen LogP contribution < -0.4 is 4.74 Å². The first kappa shape index (κ1) is 19.1. The van der Waals surface area contributed by atoms with Crippen LogP contribution in [0.5, 0.6) is 5.75 Å². The average molecular weight is 465 g/mol.